The van der Waals surface area contributed by atoms with Gasteiger partial charge in [-0.1, -0.05) is 14.9 Å². The maximum atomic E-state index is 7.00. The lowest BCUT2D eigenvalue weighted by atomic mass is 11.3. The van der Waals surface area contributed by atoms with E-state index in [0.29, 0.717) is 0 Å². The summed E-state index contributed by atoms with van der Waals surface area (Å²) < 4.78 is 0. The molecule has 2 atom stereocenters. The van der Waals surface area contributed by atoms with Gasteiger partial charge in [-0.3, -0.25) is 0 Å². The Morgan fingerprint density at radius 2 is 0.800 bits per heavy atom. The fourth-order valence-corrected chi connectivity index (χ4v) is 0. The molecule has 0 fully saturated rings. The number of rotatable bonds is 0. The molecule has 0 heterocycles. The first kappa shape index (κ1) is 70.2. The summed E-state index contributed by atoms with van der Waals surface area (Å²) in [5, 5.41) is 0. The van der Waals surface area contributed by atoms with Gasteiger partial charge in [0.2, 0.25) is 0 Å². The van der Waals surface area contributed by atoms with Crippen molar-refractivity contribution in [2.45, 2.75) is 14.9 Å². The van der Waals surface area contributed by atoms with Crippen LogP contribution >= 0.6 is 44.8 Å². The Morgan fingerprint density at radius 3 is 0.800 bits per heavy atom. The van der Waals surface area contributed by atoms with Crippen molar-refractivity contribution >= 4 is 44.8 Å². The molecule has 2 unspecified atom stereocenters. The Hall–Kier alpha value is 0.900. The van der Waals surface area contributed by atoms with Crippen LogP contribution in [0.3, 0.4) is 0 Å². The van der Waals surface area contributed by atoms with Gasteiger partial charge < -0.3 is 0 Å². The van der Waals surface area contributed by atoms with Gasteiger partial charge in [0.1, 0.15) is 0 Å². The van der Waals surface area contributed by atoms with Crippen molar-refractivity contribution in [2.24, 2.45) is 0 Å². The van der Waals surface area contributed by atoms with E-state index in [0.717, 1.165) is 0 Å². The molecule has 0 saturated heterocycles. The SMILES string of the molecule is C.C.C=C.O=O.PP.S.S. The maximum absolute atomic E-state index is 7.00. The minimum absolute atomic E-state index is 0. The van der Waals surface area contributed by atoms with Crippen LogP contribution in [0.15, 0.2) is 13.2 Å². The second kappa shape index (κ2) is 968. The molecular formula is C4H20O2P2S2. The molecule has 0 bridgehead atoms. The van der Waals surface area contributed by atoms with E-state index in [1.165, 1.54) is 0 Å². The second-order valence-electron chi connectivity index (χ2n) is 0. The fourth-order valence-electron chi connectivity index (χ4n) is 0. The molecule has 0 aromatic carbocycles. The molecule has 0 aromatic heterocycles. The molecule has 0 aliphatic heterocycles. The average molecular weight is 226 g/mol. The molecule has 70 valence electrons. The largest absolute Gasteiger partial charge is 0.197 e. The Kier molecular flexibility index (Phi) is 6800. The highest BCUT2D eigenvalue weighted by atomic mass is 32.1. The van der Waals surface area contributed by atoms with E-state index >= 15 is 0 Å². The summed E-state index contributed by atoms with van der Waals surface area (Å²) in [7, 11) is 4.67. The predicted molar refractivity (Wildman–Crippen MR) is 71.6 cm³/mol. The predicted octanol–water partition coefficient (Wildman–Crippen LogP) is 3.02. The van der Waals surface area contributed by atoms with Gasteiger partial charge >= 0.3 is 0 Å². The Labute approximate surface area is 83.0 Å². The monoisotopic (exact) mass is 226 g/mol. The highest BCUT2D eigenvalue weighted by molar-refractivity contribution is 7.92. The Morgan fingerprint density at radius 1 is 0.800 bits per heavy atom. The van der Waals surface area contributed by atoms with Crippen LogP contribution in [0.5, 0.6) is 0 Å². The third-order valence-corrected chi connectivity index (χ3v) is 0. The lowest BCUT2D eigenvalue weighted by molar-refractivity contribution is 2.50. The van der Waals surface area contributed by atoms with Gasteiger partial charge in [0.05, 0.1) is 0 Å². The summed E-state index contributed by atoms with van der Waals surface area (Å²) in [6.45, 7) is 6.00. The molecule has 0 amide bonds. The third kappa shape index (κ3) is 686. The average Bonchev–Trinajstić information content (AvgIpc) is 1.81. The minimum atomic E-state index is 0. The quantitative estimate of drug-likeness (QED) is 0.470. The van der Waals surface area contributed by atoms with Crippen LogP contribution < -0.4 is 0 Å². The number of hydrogen-bond acceptors (Lipinski definition) is 2. The summed E-state index contributed by atoms with van der Waals surface area (Å²) >= 11 is 0. The Balaban J connectivity index is -0.00000000225. The normalized spacial score (nSPS) is 1.40. The van der Waals surface area contributed by atoms with Crippen molar-refractivity contribution < 1.29 is 0 Å². The molecule has 0 radical (unpaired) electrons. The topological polar surface area (TPSA) is 34.1 Å². The zero-order valence-corrected chi connectivity index (χ0v) is 8.69. The zero-order chi connectivity index (χ0) is 6.00. The summed E-state index contributed by atoms with van der Waals surface area (Å²) in [5.74, 6) is 0. The van der Waals surface area contributed by atoms with E-state index in [2.05, 4.69) is 31.0 Å². The zero-order valence-electron chi connectivity index (χ0n) is 4.39. The highest BCUT2D eigenvalue weighted by Crippen LogP contribution is 1.86. The molecule has 0 aliphatic rings. The summed E-state index contributed by atoms with van der Waals surface area (Å²) in [5.41, 5.74) is 0. The van der Waals surface area contributed by atoms with Crippen molar-refractivity contribution in [3.8, 4) is 0 Å². The van der Waals surface area contributed by atoms with E-state index in [4.69, 9.17) is 9.93 Å². The molecule has 6 heteroatoms. The van der Waals surface area contributed by atoms with Crippen LogP contribution in [0.1, 0.15) is 14.9 Å². The fraction of sp³-hybridized carbons (Fsp3) is 0.500. The van der Waals surface area contributed by atoms with Gasteiger partial charge in [0.25, 0.3) is 0 Å². The summed E-state index contributed by atoms with van der Waals surface area (Å²) in [6, 6.07) is 0. The van der Waals surface area contributed by atoms with Crippen molar-refractivity contribution in [1.29, 1.82) is 0 Å². The van der Waals surface area contributed by atoms with Crippen molar-refractivity contribution in [3.05, 3.63) is 23.1 Å². The van der Waals surface area contributed by atoms with Crippen LogP contribution in [-0.2, 0) is 0 Å². The van der Waals surface area contributed by atoms with E-state index < -0.39 is 0 Å². The summed E-state index contributed by atoms with van der Waals surface area (Å²) in [6.07, 6.45) is 0. The number of hydrogen-bond donors (Lipinski definition) is 0. The standard InChI is InChI=1S/C2H4.2CH4.O2.H4P2.2H2S/c1-2;;;2*1-2;;/h1-2H2;2*1H4;;1-2H2;2*1H2. The molecular weight excluding hydrogens is 206 g/mol. The van der Waals surface area contributed by atoms with Gasteiger partial charge in [-0.15, -0.1) is 31.0 Å². The smallest absolute Gasteiger partial charge is 0 e. The molecule has 0 N–H and O–H groups in total. The van der Waals surface area contributed by atoms with Crippen molar-refractivity contribution in [2.75, 3.05) is 0 Å². The first-order valence-corrected chi connectivity index (χ1v) is 3.67. The lowest BCUT2D eigenvalue weighted by Gasteiger charge is -1.12. The van der Waals surface area contributed by atoms with E-state index in [-0.39, 0.29) is 41.8 Å². The molecule has 10 heavy (non-hydrogen) atoms. The van der Waals surface area contributed by atoms with Gasteiger partial charge in [-0.2, -0.15) is 27.0 Å². The van der Waals surface area contributed by atoms with Gasteiger partial charge in [-0.05, 0) is 0 Å². The lowest BCUT2D eigenvalue weighted by Crippen LogP contribution is -0.674. The third-order valence-electron chi connectivity index (χ3n) is 0. The van der Waals surface area contributed by atoms with E-state index in [1.54, 1.807) is 0 Å². The molecule has 0 aliphatic carbocycles. The first-order chi connectivity index (χ1) is 3.00. The van der Waals surface area contributed by atoms with Crippen LogP contribution in [0.25, 0.3) is 0 Å². The maximum Gasteiger partial charge on any atom is 0 e. The molecule has 0 rings (SSSR count). The van der Waals surface area contributed by atoms with Gasteiger partial charge in [0, 0.05) is 9.93 Å². The van der Waals surface area contributed by atoms with Crippen LogP contribution in [-0.4, -0.2) is 0 Å². The van der Waals surface area contributed by atoms with Crippen LogP contribution in [0, 0.1) is 9.93 Å². The molecule has 2 nitrogen and oxygen atoms in total. The molecule has 0 saturated carbocycles. The van der Waals surface area contributed by atoms with Crippen molar-refractivity contribution in [1.82, 2.24) is 0 Å². The highest BCUT2D eigenvalue weighted by Gasteiger charge is 0.882. The van der Waals surface area contributed by atoms with E-state index in [1.807, 2.05) is 0 Å². The van der Waals surface area contributed by atoms with E-state index in [9.17, 15) is 0 Å². The van der Waals surface area contributed by atoms with Gasteiger partial charge in [-0.25, -0.2) is 0 Å². The summed E-state index contributed by atoms with van der Waals surface area (Å²) in [4.78, 5) is 14.0. The van der Waals surface area contributed by atoms with Crippen LogP contribution in [0.2, 0.25) is 0 Å². The minimum Gasteiger partial charge on any atom is -0.197 e. The van der Waals surface area contributed by atoms with Crippen LogP contribution in [0.4, 0.5) is 0 Å². The first-order valence-electron chi connectivity index (χ1n) is 1.00. The van der Waals surface area contributed by atoms with Crippen molar-refractivity contribution in [3.63, 3.8) is 0 Å². The van der Waals surface area contributed by atoms with Gasteiger partial charge in [0.15, 0.2) is 0 Å². The second-order valence-corrected chi connectivity index (χ2v) is 0. The Bertz CT molecular complexity index is 21.2. The molecule has 0 aromatic rings. The molecule has 0 spiro atoms.